The minimum atomic E-state index is -0.162. The molecule has 1 atom stereocenters. The Balaban J connectivity index is 1.70. The van der Waals surface area contributed by atoms with Crippen LogP contribution in [0.5, 0.6) is 5.75 Å². The largest absolute Gasteiger partial charge is 0.497 e. The molecule has 1 unspecified atom stereocenters. The highest BCUT2D eigenvalue weighted by atomic mass is 16.5. The lowest BCUT2D eigenvalue weighted by Gasteiger charge is -2.16. The molecule has 1 amide bonds. The summed E-state index contributed by atoms with van der Waals surface area (Å²) in [6.45, 7) is 7.28. The second kappa shape index (κ2) is 6.26. The van der Waals surface area contributed by atoms with Gasteiger partial charge in [-0.2, -0.15) is 4.98 Å². The lowest BCUT2D eigenvalue weighted by Crippen LogP contribution is -2.24. The van der Waals surface area contributed by atoms with Crippen LogP contribution >= 0.6 is 0 Å². The number of aromatic nitrogens is 2. The van der Waals surface area contributed by atoms with E-state index in [1.165, 1.54) is 0 Å². The Labute approximate surface area is 141 Å². The summed E-state index contributed by atoms with van der Waals surface area (Å²) in [4.78, 5) is 18.6. The molecule has 0 saturated carbocycles. The summed E-state index contributed by atoms with van der Waals surface area (Å²) in [5, 5.41) is 4.06. The van der Waals surface area contributed by atoms with Gasteiger partial charge in [-0.1, -0.05) is 38.1 Å². The first-order valence-electron chi connectivity index (χ1n) is 8.11. The van der Waals surface area contributed by atoms with E-state index in [4.69, 9.17) is 9.26 Å². The Hall–Kier alpha value is -2.37. The predicted molar refractivity (Wildman–Crippen MR) is 88.8 cm³/mol. The number of nitrogens with zero attached hydrogens (tertiary/aromatic N) is 3. The van der Waals surface area contributed by atoms with Crippen LogP contribution in [0.1, 0.15) is 50.4 Å². The van der Waals surface area contributed by atoms with E-state index in [0.717, 1.165) is 11.3 Å². The van der Waals surface area contributed by atoms with E-state index in [1.807, 2.05) is 49.9 Å². The zero-order valence-corrected chi connectivity index (χ0v) is 14.6. The van der Waals surface area contributed by atoms with Gasteiger partial charge in [-0.25, -0.2) is 0 Å². The molecule has 2 heterocycles. The summed E-state index contributed by atoms with van der Waals surface area (Å²) in [6.07, 6.45) is 0.412. The van der Waals surface area contributed by atoms with Gasteiger partial charge in [0.25, 0.3) is 0 Å². The molecule has 0 N–H and O–H groups in total. The van der Waals surface area contributed by atoms with E-state index < -0.39 is 0 Å². The molecule has 1 saturated heterocycles. The van der Waals surface area contributed by atoms with Crippen molar-refractivity contribution in [1.29, 1.82) is 0 Å². The average Bonchev–Trinajstić information content (AvgIpc) is 3.15. The number of likely N-dealkylation sites (tertiary alicyclic amines) is 1. The molecule has 2 aromatic rings. The fraction of sp³-hybridized carbons (Fsp3) is 0.500. The molecule has 6 nitrogen and oxygen atoms in total. The number of methoxy groups -OCH3 is 1. The van der Waals surface area contributed by atoms with Gasteiger partial charge in [-0.3, -0.25) is 4.79 Å². The van der Waals surface area contributed by atoms with Crippen molar-refractivity contribution >= 4 is 5.91 Å². The van der Waals surface area contributed by atoms with Crippen LogP contribution in [0.3, 0.4) is 0 Å². The SMILES string of the molecule is COc1cccc(CN2CC(c3nc(C(C)(C)C)no3)CC2=O)c1. The Morgan fingerprint density at radius 2 is 2.17 bits per heavy atom. The number of rotatable bonds is 4. The average molecular weight is 329 g/mol. The molecule has 1 aliphatic rings. The third-order valence-corrected chi connectivity index (χ3v) is 4.18. The first kappa shape index (κ1) is 16.5. The molecule has 24 heavy (non-hydrogen) atoms. The van der Waals surface area contributed by atoms with E-state index in [-0.39, 0.29) is 17.2 Å². The van der Waals surface area contributed by atoms with Crippen molar-refractivity contribution in [3.63, 3.8) is 0 Å². The summed E-state index contributed by atoms with van der Waals surface area (Å²) in [5.74, 6) is 2.10. The Morgan fingerprint density at radius 1 is 1.38 bits per heavy atom. The fourth-order valence-corrected chi connectivity index (χ4v) is 2.79. The van der Waals surface area contributed by atoms with Crippen molar-refractivity contribution in [2.24, 2.45) is 0 Å². The molecule has 1 aromatic carbocycles. The quantitative estimate of drug-likeness (QED) is 0.863. The first-order chi connectivity index (χ1) is 11.4. The van der Waals surface area contributed by atoms with Crippen LogP contribution in [0, 0.1) is 0 Å². The minimum Gasteiger partial charge on any atom is -0.497 e. The van der Waals surface area contributed by atoms with Gasteiger partial charge in [-0.15, -0.1) is 0 Å². The second-order valence-corrected chi connectivity index (χ2v) is 7.23. The van der Waals surface area contributed by atoms with Crippen molar-refractivity contribution in [2.75, 3.05) is 13.7 Å². The Bertz CT molecular complexity index is 733. The monoisotopic (exact) mass is 329 g/mol. The van der Waals surface area contributed by atoms with Gasteiger partial charge in [0, 0.05) is 24.9 Å². The van der Waals surface area contributed by atoms with Crippen LogP contribution in [0.4, 0.5) is 0 Å². The molecule has 1 aromatic heterocycles. The van der Waals surface area contributed by atoms with Crippen LogP contribution in [0.25, 0.3) is 0 Å². The summed E-state index contributed by atoms with van der Waals surface area (Å²) < 4.78 is 10.6. The van der Waals surface area contributed by atoms with E-state index >= 15 is 0 Å². The third-order valence-electron chi connectivity index (χ3n) is 4.18. The fourth-order valence-electron chi connectivity index (χ4n) is 2.79. The van der Waals surface area contributed by atoms with Gasteiger partial charge in [0.2, 0.25) is 11.8 Å². The highest BCUT2D eigenvalue weighted by Gasteiger charge is 2.35. The van der Waals surface area contributed by atoms with E-state index in [0.29, 0.717) is 31.2 Å². The van der Waals surface area contributed by atoms with Crippen molar-refractivity contribution < 1.29 is 14.1 Å². The lowest BCUT2D eigenvalue weighted by atomic mass is 9.96. The topological polar surface area (TPSA) is 68.5 Å². The van der Waals surface area contributed by atoms with Crippen LogP contribution in [-0.4, -0.2) is 34.6 Å². The van der Waals surface area contributed by atoms with Crippen molar-refractivity contribution in [3.8, 4) is 5.75 Å². The van der Waals surface area contributed by atoms with Gasteiger partial charge < -0.3 is 14.2 Å². The van der Waals surface area contributed by atoms with E-state index in [1.54, 1.807) is 7.11 Å². The minimum absolute atomic E-state index is 0.0355. The Kier molecular flexibility index (Phi) is 4.30. The smallest absolute Gasteiger partial charge is 0.232 e. The molecule has 0 radical (unpaired) electrons. The zero-order valence-electron chi connectivity index (χ0n) is 14.6. The molecule has 6 heteroatoms. The molecule has 128 valence electrons. The predicted octanol–water partition coefficient (Wildman–Crippen LogP) is 2.89. The summed E-state index contributed by atoms with van der Waals surface area (Å²) in [6, 6.07) is 7.77. The summed E-state index contributed by atoms with van der Waals surface area (Å²) in [5.41, 5.74) is 0.884. The first-order valence-corrected chi connectivity index (χ1v) is 8.11. The summed E-state index contributed by atoms with van der Waals surface area (Å²) >= 11 is 0. The molecule has 1 fully saturated rings. The van der Waals surface area contributed by atoms with Gasteiger partial charge in [-0.05, 0) is 17.7 Å². The van der Waals surface area contributed by atoms with E-state index in [2.05, 4.69) is 10.1 Å². The van der Waals surface area contributed by atoms with Gasteiger partial charge >= 0.3 is 0 Å². The third kappa shape index (κ3) is 3.42. The van der Waals surface area contributed by atoms with Gasteiger partial charge in [0.15, 0.2) is 5.82 Å². The maximum atomic E-state index is 12.3. The molecule has 0 spiro atoms. The van der Waals surface area contributed by atoms with Crippen LogP contribution in [-0.2, 0) is 16.8 Å². The number of hydrogen-bond donors (Lipinski definition) is 0. The number of amides is 1. The van der Waals surface area contributed by atoms with Crippen LogP contribution in [0.2, 0.25) is 0 Å². The molecular formula is C18H23N3O3. The highest BCUT2D eigenvalue weighted by Crippen LogP contribution is 2.30. The number of benzene rings is 1. The number of carbonyl (C=O) groups excluding carboxylic acids is 1. The van der Waals surface area contributed by atoms with Crippen molar-refractivity contribution in [1.82, 2.24) is 15.0 Å². The van der Waals surface area contributed by atoms with Gasteiger partial charge in [0.05, 0.1) is 13.0 Å². The maximum Gasteiger partial charge on any atom is 0.232 e. The van der Waals surface area contributed by atoms with E-state index in [9.17, 15) is 4.79 Å². The number of carbonyl (C=O) groups is 1. The number of hydrogen-bond acceptors (Lipinski definition) is 5. The second-order valence-electron chi connectivity index (χ2n) is 7.23. The highest BCUT2D eigenvalue weighted by molar-refractivity contribution is 5.79. The summed E-state index contributed by atoms with van der Waals surface area (Å²) in [7, 11) is 1.64. The molecule has 1 aliphatic heterocycles. The standard InChI is InChI=1S/C18H23N3O3/c1-18(2,3)17-19-16(24-20-17)13-9-15(22)21(11-13)10-12-6-5-7-14(8-12)23-4/h5-8,13H,9-11H2,1-4H3. The van der Waals surface area contributed by atoms with Gasteiger partial charge in [0.1, 0.15) is 5.75 Å². The number of ether oxygens (including phenoxy) is 1. The zero-order chi connectivity index (χ0) is 17.3. The molecular weight excluding hydrogens is 306 g/mol. The molecule has 0 bridgehead atoms. The molecule has 0 aliphatic carbocycles. The molecule has 3 rings (SSSR count). The van der Waals surface area contributed by atoms with Crippen LogP contribution in [0.15, 0.2) is 28.8 Å². The lowest BCUT2D eigenvalue weighted by molar-refractivity contribution is -0.128. The normalized spacial score (nSPS) is 18.2. The van der Waals surface area contributed by atoms with Crippen LogP contribution < -0.4 is 4.74 Å². The Morgan fingerprint density at radius 3 is 2.83 bits per heavy atom. The maximum absolute atomic E-state index is 12.3. The van der Waals surface area contributed by atoms with Crippen molar-refractivity contribution in [2.45, 2.75) is 45.1 Å². The van der Waals surface area contributed by atoms with Crippen molar-refractivity contribution in [3.05, 3.63) is 41.5 Å².